The quantitative estimate of drug-likeness (QED) is 0.535. The number of hydrogen-bond acceptors (Lipinski definition) is 7. The van der Waals surface area contributed by atoms with E-state index in [1.165, 1.54) is 28.0 Å². The predicted octanol–water partition coefficient (Wildman–Crippen LogP) is 3.75. The van der Waals surface area contributed by atoms with Crippen LogP contribution in [0.1, 0.15) is 20.8 Å². The van der Waals surface area contributed by atoms with Crippen molar-refractivity contribution in [1.29, 1.82) is 0 Å². The number of anilines is 1. The summed E-state index contributed by atoms with van der Waals surface area (Å²) in [5, 5.41) is 15.2. The lowest BCUT2D eigenvalue weighted by atomic mass is 10.1. The summed E-state index contributed by atoms with van der Waals surface area (Å²) in [6.45, 7) is 6.87. The minimum atomic E-state index is -0.0464. The SMILES string of the molecule is CC(C)(C)Nc1nnc(SCC(=O)NCCSc2ccccc2)s1. The molecule has 0 radical (unpaired) electrons. The van der Waals surface area contributed by atoms with Crippen LogP contribution in [0.4, 0.5) is 5.13 Å². The molecule has 8 heteroatoms. The molecule has 2 N–H and O–H groups in total. The van der Waals surface area contributed by atoms with Crippen LogP contribution in [0.25, 0.3) is 0 Å². The Labute approximate surface area is 155 Å². The third-order valence-corrected chi connectivity index (χ3v) is 5.64. The molecule has 0 aliphatic carbocycles. The Balaban J connectivity index is 1.63. The van der Waals surface area contributed by atoms with Crippen LogP contribution in [0, 0.1) is 0 Å². The van der Waals surface area contributed by atoms with Crippen molar-refractivity contribution in [3.05, 3.63) is 30.3 Å². The summed E-state index contributed by atoms with van der Waals surface area (Å²) in [5.74, 6) is 1.24. The van der Waals surface area contributed by atoms with Crippen molar-refractivity contribution < 1.29 is 4.79 Å². The molecule has 1 heterocycles. The van der Waals surface area contributed by atoms with Crippen molar-refractivity contribution in [2.75, 3.05) is 23.4 Å². The van der Waals surface area contributed by atoms with Gasteiger partial charge in [0.2, 0.25) is 11.0 Å². The molecular weight excluding hydrogens is 360 g/mol. The minimum Gasteiger partial charge on any atom is -0.355 e. The van der Waals surface area contributed by atoms with E-state index in [0.29, 0.717) is 12.3 Å². The third kappa shape index (κ3) is 7.55. The molecule has 0 aliphatic rings. The van der Waals surface area contributed by atoms with Crippen LogP contribution in [0.2, 0.25) is 0 Å². The maximum atomic E-state index is 11.9. The molecule has 0 bridgehead atoms. The van der Waals surface area contributed by atoms with Gasteiger partial charge in [-0.05, 0) is 32.9 Å². The van der Waals surface area contributed by atoms with Gasteiger partial charge < -0.3 is 10.6 Å². The van der Waals surface area contributed by atoms with E-state index in [1.54, 1.807) is 11.8 Å². The Bertz CT molecular complexity index is 640. The Kier molecular flexibility index (Phi) is 7.39. The third-order valence-electron chi connectivity index (χ3n) is 2.65. The number of carbonyl (C=O) groups is 1. The molecule has 130 valence electrons. The van der Waals surface area contributed by atoms with E-state index >= 15 is 0 Å². The van der Waals surface area contributed by atoms with Crippen LogP contribution in [0.3, 0.4) is 0 Å². The molecule has 0 aliphatic heterocycles. The molecule has 0 spiro atoms. The molecule has 0 saturated carbocycles. The van der Waals surface area contributed by atoms with E-state index < -0.39 is 0 Å². The van der Waals surface area contributed by atoms with Crippen molar-refractivity contribution in [3.8, 4) is 0 Å². The fourth-order valence-corrected chi connectivity index (χ4v) is 4.27. The zero-order chi connectivity index (χ0) is 17.4. The molecule has 24 heavy (non-hydrogen) atoms. The van der Waals surface area contributed by atoms with Gasteiger partial charge in [0.1, 0.15) is 0 Å². The van der Waals surface area contributed by atoms with Crippen LogP contribution in [-0.4, -0.2) is 39.7 Å². The fourth-order valence-electron chi connectivity index (χ4n) is 1.69. The van der Waals surface area contributed by atoms with Gasteiger partial charge in [0.15, 0.2) is 4.34 Å². The molecule has 1 aromatic carbocycles. The van der Waals surface area contributed by atoms with Crippen molar-refractivity contribution in [2.24, 2.45) is 0 Å². The molecule has 1 amide bonds. The lowest BCUT2D eigenvalue weighted by Gasteiger charge is -2.18. The lowest BCUT2D eigenvalue weighted by molar-refractivity contribution is -0.118. The first-order chi connectivity index (χ1) is 11.4. The van der Waals surface area contributed by atoms with Crippen molar-refractivity contribution in [3.63, 3.8) is 0 Å². The monoisotopic (exact) mass is 382 g/mol. The van der Waals surface area contributed by atoms with Gasteiger partial charge in [0, 0.05) is 22.7 Å². The number of thioether (sulfide) groups is 2. The molecule has 0 saturated heterocycles. The van der Waals surface area contributed by atoms with Crippen LogP contribution in [0.15, 0.2) is 39.6 Å². The Morgan fingerprint density at radius 1 is 1.17 bits per heavy atom. The van der Waals surface area contributed by atoms with Crippen LogP contribution < -0.4 is 10.6 Å². The fraction of sp³-hybridized carbons (Fsp3) is 0.438. The van der Waals surface area contributed by atoms with E-state index in [1.807, 2.05) is 18.2 Å². The molecule has 1 aromatic heterocycles. The predicted molar refractivity (Wildman–Crippen MR) is 104 cm³/mol. The highest BCUT2D eigenvalue weighted by molar-refractivity contribution is 8.01. The van der Waals surface area contributed by atoms with Crippen molar-refractivity contribution >= 4 is 45.9 Å². The molecular formula is C16H22N4OS3. The summed E-state index contributed by atoms with van der Waals surface area (Å²) in [7, 11) is 0. The van der Waals surface area contributed by atoms with Gasteiger partial charge in [0.05, 0.1) is 5.75 Å². The number of carbonyl (C=O) groups excluding carboxylic acids is 1. The number of nitrogens with one attached hydrogen (secondary N) is 2. The molecule has 5 nitrogen and oxygen atoms in total. The second-order valence-corrected chi connectivity index (χ2v) is 9.42. The summed E-state index contributed by atoms with van der Waals surface area (Å²) in [4.78, 5) is 13.1. The van der Waals surface area contributed by atoms with E-state index in [0.717, 1.165) is 15.2 Å². The van der Waals surface area contributed by atoms with Crippen molar-refractivity contribution in [2.45, 2.75) is 35.5 Å². The van der Waals surface area contributed by atoms with Gasteiger partial charge in [-0.15, -0.1) is 22.0 Å². The first kappa shape index (κ1) is 19.1. The van der Waals surface area contributed by atoms with E-state index in [4.69, 9.17) is 0 Å². The van der Waals surface area contributed by atoms with Gasteiger partial charge in [-0.1, -0.05) is 41.3 Å². The average molecular weight is 383 g/mol. The molecule has 0 fully saturated rings. The molecule has 0 atom stereocenters. The molecule has 0 unspecified atom stereocenters. The normalized spacial score (nSPS) is 11.3. The summed E-state index contributed by atoms with van der Waals surface area (Å²) >= 11 is 4.62. The number of rotatable bonds is 8. The maximum absolute atomic E-state index is 11.9. The summed E-state index contributed by atoms with van der Waals surface area (Å²) in [6, 6.07) is 10.2. The second-order valence-electron chi connectivity index (χ2n) is 6.05. The smallest absolute Gasteiger partial charge is 0.230 e. The van der Waals surface area contributed by atoms with E-state index in [2.05, 4.69) is 53.7 Å². The highest BCUT2D eigenvalue weighted by Crippen LogP contribution is 2.27. The summed E-state index contributed by atoms with van der Waals surface area (Å²) in [6.07, 6.45) is 0. The van der Waals surface area contributed by atoms with Gasteiger partial charge in [-0.25, -0.2) is 0 Å². The highest BCUT2D eigenvalue weighted by atomic mass is 32.2. The Morgan fingerprint density at radius 2 is 1.92 bits per heavy atom. The zero-order valence-electron chi connectivity index (χ0n) is 14.0. The lowest BCUT2D eigenvalue weighted by Crippen LogP contribution is -2.27. The Morgan fingerprint density at radius 3 is 2.62 bits per heavy atom. The standard InChI is InChI=1S/C16H22N4OS3/c1-16(2,3)18-14-19-20-15(24-14)23-11-13(21)17-9-10-22-12-7-5-4-6-8-12/h4-8H,9-11H2,1-3H3,(H,17,21)(H,18,19). The van der Waals surface area contributed by atoms with E-state index in [-0.39, 0.29) is 11.4 Å². The number of aromatic nitrogens is 2. The molecule has 2 rings (SSSR count). The van der Waals surface area contributed by atoms with Gasteiger partial charge >= 0.3 is 0 Å². The van der Waals surface area contributed by atoms with Gasteiger partial charge in [-0.3, -0.25) is 4.79 Å². The second kappa shape index (κ2) is 9.29. The highest BCUT2D eigenvalue weighted by Gasteiger charge is 2.13. The number of benzene rings is 1. The van der Waals surface area contributed by atoms with E-state index in [9.17, 15) is 4.79 Å². The Hall–Kier alpha value is -1.25. The van der Waals surface area contributed by atoms with Crippen molar-refractivity contribution in [1.82, 2.24) is 15.5 Å². The average Bonchev–Trinajstić information content (AvgIpc) is 2.96. The maximum Gasteiger partial charge on any atom is 0.230 e. The van der Waals surface area contributed by atoms with Gasteiger partial charge in [0.25, 0.3) is 0 Å². The summed E-state index contributed by atoms with van der Waals surface area (Å²) < 4.78 is 0.801. The number of amides is 1. The summed E-state index contributed by atoms with van der Waals surface area (Å²) in [5.41, 5.74) is -0.0464. The molecule has 2 aromatic rings. The first-order valence-corrected chi connectivity index (χ1v) is 10.4. The number of nitrogens with zero attached hydrogens (tertiary/aromatic N) is 2. The van der Waals surface area contributed by atoms with Crippen LogP contribution in [-0.2, 0) is 4.79 Å². The van der Waals surface area contributed by atoms with Gasteiger partial charge in [-0.2, -0.15) is 0 Å². The van der Waals surface area contributed by atoms with Crippen LogP contribution >= 0.6 is 34.9 Å². The topological polar surface area (TPSA) is 66.9 Å². The van der Waals surface area contributed by atoms with Crippen LogP contribution in [0.5, 0.6) is 0 Å². The zero-order valence-corrected chi connectivity index (χ0v) is 16.5. The number of hydrogen-bond donors (Lipinski definition) is 2. The first-order valence-electron chi connectivity index (χ1n) is 7.61. The largest absolute Gasteiger partial charge is 0.355 e. The minimum absolute atomic E-state index is 0.0224.